The van der Waals surface area contributed by atoms with Crippen molar-refractivity contribution in [3.63, 3.8) is 0 Å². The van der Waals surface area contributed by atoms with Crippen molar-refractivity contribution in [2.75, 3.05) is 0 Å². The van der Waals surface area contributed by atoms with Crippen LogP contribution in [0.2, 0.25) is 0 Å². The van der Waals surface area contributed by atoms with Crippen LogP contribution >= 0.6 is 0 Å². The van der Waals surface area contributed by atoms with Crippen molar-refractivity contribution in [3.8, 4) is 0 Å². The second-order valence-corrected chi connectivity index (χ2v) is 4.67. The Kier molecular flexibility index (Phi) is 4.41. The number of hydrogen-bond donors (Lipinski definition) is 0. The van der Waals surface area contributed by atoms with Gasteiger partial charge in [-0.3, -0.25) is 0 Å². The molecule has 1 aromatic carbocycles. The fraction of sp³-hybridized carbons (Fsp3) is 0.167. The highest BCUT2D eigenvalue weighted by atomic mass is 19.3. The maximum atomic E-state index is 14.2. The normalized spacial score (nSPS) is 23.4. The topological polar surface area (TPSA) is 0 Å². The van der Waals surface area contributed by atoms with Gasteiger partial charge in [0.15, 0.2) is 46.6 Å². The molecule has 1 aromatic rings. The lowest BCUT2D eigenvalue weighted by Crippen LogP contribution is -2.57. The third-order valence-corrected chi connectivity index (χ3v) is 3.22. The molecule has 13 heteroatoms. The molecule has 1 aliphatic carbocycles. The Balaban J connectivity index is 2.73. The molecular formula is C12BF12. The highest BCUT2D eigenvalue weighted by Gasteiger charge is 2.67. The molecular weight excluding hydrogens is 383 g/mol. The fourth-order valence-electron chi connectivity index (χ4n) is 1.89. The zero-order valence-electron chi connectivity index (χ0n) is 11.1. The molecule has 0 aliphatic heterocycles. The fourth-order valence-corrected chi connectivity index (χ4v) is 1.89. The molecule has 0 aromatic heterocycles. The van der Waals surface area contributed by atoms with Gasteiger partial charge >= 0.3 is 5.92 Å². The highest BCUT2D eigenvalue weighted by Crippen LogP contribution is 2.51. The summed E-state index contributed by atoms with van der Waals surface area (Å²) >= 11 is 0. The molecule has 25 heavy (non-hydrogen) atoms. The predicted molar refractivity (Wildman–Crippen MR) is 58.9 cm³/mol. The number of benzene rings is 1. The summed E-state index contributed by atoms with van der Waals surface area (Å²) in [6.45, 7) is 0. The second kappa shape index (κ2) is 5.73. The van der Waals surface area contributed by atoms with Crippen molar-refractivity contribution >= 4 is 12.7 Å². The van der Waals surface area contributed by atoms with Crippen LogP contribution in [-0.2, 0) is 0 Å². The van der Waals surface area contributed by atoms with E-state index in [-0.39, 0.29) is 0 Å². The maximum absolute atomic E-state index is 14.2. The van der Waals surface area contributed by atoms with Gasteiger partial charge in [0, 0.05) is 0 Å². The van der Waals surface area contributed by atoms with Crippen molar-refractivity contribution < 1.29 is 52.7 Å². The number of alkyl halides is 3. The molecule has 1 aliphatic rings. The average Bonchev–Trinajstić information content (AvgIpc) is 2.57. The first kappa shape index (κ1) is 19.3. The Hall–Kier alpha value is -2.08. The van der Waals surface area contributed by atoms with E-state index >= 15 is 0 Å². The molecule has 0 nitrogen and oxygen atoms in total. The summed E-state index contributed by atoms with van der Waals surface area (Å²) in [6, 6.07) is 0. The van der Waals surface area contributed by atoms with Crippen LogP contribution in [0.25, 0.3) is 0 Å². The minimum atomic E-state index is -5.89. The van der Waals surface area contributed by atoms with Gasteiger partial charge in [-0.2, -0.15) is 8.78 Å². The van der Waals surface area contributed by atoms with Gasteiger partial charge in [-0.05, 0) is 5.46 Å². The van der Waals surface area contributed by atoms with E-state index in [1.54, 1.807) is 0 Å². The van der Waals surface area contributed by atoms with Gasteiger partial charge in [-0.15, -0.1) is 0 Å². The van der Waals surface area contributed by atoms with E-state index in [9.17, 15) is 52.7 Å². The summed E-state index contributed by atoms with van der Waals surface area (Å²) in [4.78, 5) is 0. The summed E-state index contributed by atoms with van der Waals surface area (Å²) in [7, 11) is -1.26. The highest BCUT2D eigenvalue weighted by molar-refractivity contribution is 6.58. The molecule has 0 spiro atoms. The minimum absolute atomic E-state index is 1.26. The Morgan fingerprint density at radius 3 is 1.32 bits per heavy atom. The van der Waals surface area contributed by atoms with E-state index in [1.807, 2.05) is 0 Å². The minimum Gasteiger partial charge on any atom is -0.239 e. The number of halogens is 12. The zero-order chi connectivity index (χ0) is 19.5. The third-order valence-electron chi connectivity index (χ3n) is 3.22. The van der Waals surface area contributed by atoms with Crippen LogP contribution in [-0.4, -0.2) is 18.8 Å². The molecule has 0 heterocycles. The Bertz CT molecular complexity index is 797. The van der Waals surface area contributed by atoms with Gasteiger partial charge in [0.2, 0.25) is 18.7 Å². The van der Waals surface area contributed by atoms with Crippen LogP contribution in [0.15, 0.2) is 23.3 Å². The SMILES string of the molecule is FC1=C(F)C(F)(F)C(F)([B]c2c(F)c(F)c(F)c(F)c2F)C(F)=C1F. The average molecular weight is 383 g/mol. The Labute approximate surface area is 130 Å². The van der Waals surface area contributed by atoms with E-state index in [0.717, 1.165) is 0 Å². The molecule has 1 radical (unpaired) electrons. The monoisotopic (exact) mass is 383 g/mol. The quantitative estimate of drug-likeness (QED) is 0.309. The molecule has 0 bridgehead atoms. The Morgan fingerprint density at radius 1 is 0.520 bits per heavy atom. The van der Waals surface area contributed by atoms with Gasteiger partial charge in [0.1, 0.15) is 0 Å². The van der Waals surface area contributed by atoms with Crippen LogP contribution in [0.5, 0.6) is 0 Å². The van der Waals surface area contributed by atoms with Crippen molar-refractivity contribution in [3.05, 3.63) is 52.4 Å². The van der Waals surface area contributed by atoms with Gasteiger partial charge in [0.25, 0.3) is 0 Å². The molecule has 0 saturated carbocycles. The predicted octanol–water partition coefficient (Wildman–Crippen LogP) is 4.33. The molecule has 0 amide bonds. The van der Waals surface area contributed by atoms with Gasteiger partial charge in [0.05, 0.1) is 0 Å². The largest absolute Gasteiger partial charge is 0.333 e. The lowest BCUT2D eigenvalue weighted by molar-refractivity contribution is -0.0788. The van der Waals surface area contributed by atoms with Crippen molar-refractivity contribution in [2.24, 2.45) is 0 Å². The van der Waals surface area contributed by atoms with Gasteiger partial charge in [-0.25, -0.2) is 43.9 Å². The summed E-state index contributed by atoms with van der Waals surface area (Å²) in [5.74, 6) is -32.9. The second-order valence-electron chi connectivity index (χ2n) is 4.67. The lowest BCUT2D eigenvalue weighted by Gasteiger charge is -2.33. The first-order valence-electron chi connectivity index (χ1n) is 5.85. The molecule has 0 N–H and O–H groups in total. The first-order valence-corrected chi connectivity index (χ1v) is 5.85. The first-order chi connectivity index (χ1) is 11.3. The van der Waals surface area contributed by atoms with Gasteiger partial charge < -0.3 is 0 Å². The molecule has 2 rings (SSSR count). The van der Waals surface area contributed by atoms with E-state index in [4.69, 9.17) is 0 Å². The van der Waals surface area contributed by atoms with E-state index in [0.29, 0.717) is 0 Å². The summed E-state index contributed by atoms with van der Waals surface area (Å²) in [6.07, 6.45) is 0. The summed E-state index contributed by atoms with van der Waals surface area (Å²) < 4.78 is 159. The summed E-state index contributed by atoms with van der Waals surface area (Å²) in [5, 5.41) is 0. The van der Waals surface area contributed by atoms with Crippen LogP contribution in [0.3, 0.4) is 0 Å². The standard InChI is InChI=1S/C12BF12/c14-2-1(3(15)5(17)6(18)4(2)16)13-11(23)9(21)7(19)8(20)10(22)12(11,24)25. The van der Waals surface area contributed by atoms with Crippen molar-refractivity contribution in [1.29, 1.82) is 0 Å². The summed E-state index contributed by atoms with van der Waals surface area (Å²) in [5.41, 5.74) is -7.84. The maximum Gasteiger partial charge on any atom is 0.333 e. The van der Waals surface area contributed by atoms with Crippen molar-refractivity contribution in [1.82, 2.24) is 0 Å². The third kappa shape index (κ3) is 2.42. The Morgan fingerprint density at radius 2 is 0.880 bits per heavy atom. The van der Waals surface area contributed by atoms with Crippen LogP contribution < -0.4 is 5.46 Å². The zero-order valence-corrected chi connectivity index (χ0v) is 11.1. The number of rotatable bonds is 2. The number of hydrogen-bond acceptors (Lipinski definition) is 0. The van der Waals surface area contributed by atoms with E-state index < -0.39 is 76.6 Å². The molecule has 0 saturated heterocycles. The molecule has 1 unspecified atom stereocenters. The van der Waals surface area contributed by atoms with Crippen molar-refractivity contribution in [2.45, 2.75) is 11.5 Å². The molecule has 0 fully saturated rings. The van der Waals surface area contributed by atoms with E-state index in [2.05, 4.69) is 0 Å². The van der Waals surface area contributed by atoms with E-state index in [1.165, 1.54) is 0 Å². The molecule has 1 atom stereocenters. The van der Waals surface area contributed by atoms with Crippen LogP contribution in [0, 0.1) is 29.1 Å². The number of allylic oxidation sites excluding steroid dienone is 4. The molecule has 135 valence electrons. The lowest BCUT2D eigenvalue weighted by atomic mass is 9.52. The smallest absolute Gasteiger partial charge is 0.239 e. The van der Waals surface area contributed by atoms with Crippen LogP contribution in [0.4, 0.5) is 52.7 Å². The van der Waals surface area contributed by atoms with Gasteiger partial charge in [-0.1, -0.05) is 0 Å². The van der Waals surface area contributed by atoms with Crippen LogP contribution in [0.1, 0.15) is 0 Å².